The molecule has 6 heteroatoms. The lowest BCUT2D eigenvalue weighted by atomic mass is 10.2. The Morgan fingerprint density at radius 1 is 1.38 bits per heavy atom. The summed E-state index contributed by atoms with van der Waals surface area (Å²) in [6, 6.07) is 10.3. The Bertz CT molecular complexity index is 933. The molecular weight excluding hydrogens is 356 g/mol. The Balaban J connectivity index is 1.98. The summed E-state index contributed by atoms with van der Waals surface area (Å²) >= 11 is 4.97. The predicted molar refractivity (Wildman–Crippen MR) is 107 cm³/mol. The Morgan fingerprint density at radius 3 is 3.00 bits per heavy atom. The number of hydrogen-bond acceptors (Lipinski definition) is 4. The number of hydrogen-bond donors (Lipinski definition) is 0. The van der Waals surface area contributed by atoms with Crippen molar-refractivity contribution in [2.75, 3.05) is 12.0 Å². The minimum Gasteiger partial charge on any atom is -0.316 e. The van der Waals surface area contributed by atoms with Gasteiger partial charge in [0.2, 0.25) is 0 Å². The number of rotatable bonds is 5. The number of thiazole rings is 1. The maximum Gasteiger partial charge on any atom is 0.272 e. The quantitative estimate of drug-likeness (QED) is 0.613. The molecule has 0 radical (unpaired) electrons. The predicted octanol–water partition coefficient (Wildman–Crippen LogP) is 4.58. The molecule has 1 aromatic carbocycles. The van der Waals surface area contributed by atoms with Gasteiger partial charge in [-0.1, -0.05) is 23.5 Å². The first-order valence-corrected chi connectivity index (χ1v) is 10.7. The van der Waals surface area contributed by atoms with Crippen molar-refractivity contribution < 1.29 is 4.79 Å². The SMILES string of the molecule is CSCCn1c(=NC(=O)C=Cc2cccs2)sc2cc(C)ccc21. The Hall–Kier alpha value is -1.63. The Kier molecular flexibility index (Phi) is 5.71. The maximum absolute atomic E-state index is 12.2. The highest BCUT2D eigenvalue weighted by atomic mass is 32.2. The molecule has 0 unspecified atom stereocenters. The molecule has 0 aliphatic heterocycles. The summed E-state index contributed by atoms with van der Waals surface area (Å²) in [5, 5.41) is 1.99. The van der Waals surface area contributed by atoms with Crippen molar-refractivity contribution in [2.45, 2.75) is 13.5 Å². The van der Waals surface area contributed by atoms with Gasteiger partial charge in [-0.3, -0.25) is 4.79 Å². The molecule has 2 aromatic heterocycles. The average molecular weight is 375 g/mol. The first kappa shape index (κ1) is 17.2. The summed E-state index contributed by atoms with van der Waals surface area (Å²) in [5.74, 6) is 0.774. The van der Waals surface area contributed by atoms with Crippen molar-refractivity contribution in [3.05, 3.63) is 57.0 Å². The Morgan fingerprint density at radius 2 is 2.25 bits per heavy atom. The van der Waals surface area contributed by atoms with Crippen LogP contribution in [0, 0.1) is 6.92 Å². The molecule has 0 saturated carbocycles. The zero-order chi connectivity index (χ0) is 16.9. The van der Waals surface area contributed by atoms with Gasteiger partial charge in [0.05, 0.1) is 10.2 Å². The molecule has 2 heterocycles. The van der Waals surface area contributed by atoms with Gasteiger partial charge in [0.25, 0.3) is 5.91 Å². The second-order valence-corrected chi connectivity index (χ2v) is 8.27. The summed E-state index contributed by atoms with van der Waals surface area (Å²) in [6.45, 7) is 2.93. The number of benzene rings is 1. The lowest BCUT2D eigenvalue weighted by Crippen LogP contribution is -2.17. The van der Waals surface area contributed by atoms with Crippen LogP contribution >= 0.6 is 34.4 Å². The fraction of sp³-hybridized carbons (Fsp3) is 0.222. The first-order chi connectivity index (χ1) is 11.7. The molecule has 124 valence electrons. The maximum atomic E-state index is 12.2. The fourth-order valence-electron chi connectivity index (χ4n) is 2.34. The van der Waals surface area contributed by atoms with Gasteiger partial charge in [-0.25, -0.2) is 0 Å². The number of aryl methyl sites for hydroxylation is 2. The van der Waals surface area contributed by atoms with Gasteiger partial charge in [-0.15, -0.1) is 11.3 Å². The number of fused-ring (bicyclic) bond motifs is 1. The van der Waals surface area contributed by atoms with E-state index in [4.69, 9.17) is 0 Å². The summed E-state index contributed by atoms with van der Waals surface area (Å²) in [4.78, 5) is 18.4. The van der Waals surface area contributed by atoms with Crippen LogP contribution in [0.25, 0.3) is 16.3 Å². The standard InChI is InChI=1S/C18H18N2OS3/c1-13-5-7-15-16(12-13)24-18(20(15)9-11-22-2)19-17(21)8-6-14-4-3-10-23-14/h3-8,10,12H,9,11H2,1-2H3. The van der Waals surface area contributed by atoms with Crippen LogP contribution in [0.5, 0.6) is 0 Å². The molecule has 1 amide bonds. The van der Waals surface area contributed by atoms with Crippen LogP contribution in [-0.4, -0.2) is 22.5 Å². The molecule has 3 aromatic rings. The highest BCUT2D eigenvalue weighted by Gasteiger charge is 2.07. The number of amides is 1. The van der Waals surface area contributed by atoms with Crippen molar-refractivity contribution >= 4 is 56.6 Å². The van der Waals surface area contributed by atoms with Crippen molar-refractivity contribution in [3.63, 3.8) is 0 Å². The van der Waals surface area contributed by atoms with Crippen molar-refractivity contribution in [3.8, 4) is 0 Å². The Labute approximate surface area is 153 Å². The van der Waals surface area contributed by atoms with Gasteiger partial charge in [0.1, 0.15) is 0 Å². The molecule has 0 aliphatic rings. The zero-order valence-corrected chi connectivity index (χ0v) is 16.0. The molecule has 0 spiro atoms. The van der Waals surface area contributed by atoms with Crippen LogP contribution in [0.4, 0.5) is 0 Å². The minimum absolute atomic E-state index is 0.218. The zero-order valence-electron chi connectivity index (χ0n) is 13.6. The van der Waals surface area contributed by atoms with Crippen LogP contribution in [-0.2, 0) is 11.3 Å². The normalized spacial score (nSPS) is 12.5. The molecule has 0 fully saturated rings. The van der Waals surface area contributed by atoms with E-state index >= 15 is 0 Å². The topological polar surface area (TPSA) is 34.4 Å². The van der Waals surface area contributed by atoms with E-state index in [-0.39, 0.29) is 5.91 Å². The molecule has 0 atom stereocenters. The fourth-order valence-corrected chi connectivity index (χ4v) is 4.48. The minimum atomic E-state index is -0.218. The molecule has 0 saturated heterocycles. The molecule has 3 nitrogen and oxygen atoms in total. The van der Waals surface area contributed by atoms with Crippen LogP contribution in [0.3, 0.4) is 0 Å². The second-order valence-electron chi connectivity index (χ2n) is 5.30. The van der Waals surface area contributed by atoms with E-state index in [1.807, 2.05) is 23.6 Å². The third kappa shape index (κ3) is 4.06. The van der Waals surface area contributed by atoms with Gasteiger partial charge < -0.3 is 4.57 Å². The highest BCUT2D eigenvalue weighted by molar-refractivity contribution is 7.98. The van der Waals surface area contributed by atoms with E-state index in [0.29, 0.717) is 0 Å². The van der Waals surface area contributed by atoms with Crippen molar-refractivity contribution in [1.82, 2.24) is 4.57 Å². The lowest BCUT2D eigenvalue weighted by Gasteiger charge is -2.03. The number of thiophene rings is 1. The molecule has 24 heavy (non-hydrogen) atoms. The van der Waals surface area contributed by atoms with E-state index in [9.17, 15) is 4.79 Å². The van der Waals surface area contributed by atoms with E-state index in [2.05, 4.69) is 40.9 Å². The van der Waals surface area contributed by atoms with Crippen molar-refractivity contribution in [2.24, 2.45) is 4.99 Å². The second kappa shape index (κ2) is 7.96. The number of carbonyl (C=O) groups excluding carboxylic acids is 1. The van der Waals surface area contributed by atoms with Crippen LogP contribution in [0.1, 0.15) is 10.4 Å². The molecule has 0 aliphatic carbocycles. The van der Waals surface area contributed by atoms with Crippen LogP contribution in [0.2, 0.25) is 0 Å². The largest absolute Gasteiger partial charge is 0.316 e. The summed E-state index contributed by atoms with van der Waals surface area (Å²) in [5.41, 5.74) is 2.37. The van der Waals surface area contributed by atoms with Gasteiger partial charge >= 0.3 is 0 Å². The first-order valence-electron chi connectivity index (χ1n) is 7.56. The third-order valence-electron chi connectivity index (χ3n) is 3.50. The number of aromatic nitrogens is 1. The van der Waals surface area contributed by atoms with E-state index in [0.717, 1.165) is 27.5 Å². The van der Waals surface area contributed by atoms with Crippen LogP contribution < -0.4 is 4.80 Å². The van der Waals surface area contributed by atoms with Gasteiger partial charge in [-0.2, -0.15) is 16.8 Å². The summed E-state index contributed by atoms with van der Waals surface area (Å²) in [6.07, 6.45) is 5.45. The molecular formula is C18H18N2OS3. The van der Waals surface area contributed by atoms with Gasteiger partial charge in [0.15, 0.2) is 4.80 Å². The third-order valence-corrected chi connectivity index (χ3v) is 5.97. The monoisotopic (exact) mass is 374 g/mol. The highest BCUT2D eigenvalue weighted by Crippen LogP contribution is 2.19. The summed E-state index contributed by atoms with van der Waals surface area (Å²) in [7, 11) is 0. The van der Waals surface area contributed by atoms with E-state index < -0.39 is 0 Å². The van der Waals surface area contributed by atoms with Crippen molar-refractivity contribution in [1.29, 1.82) is 0 Å². The van der Waals surface area contributed by atoms with Gasteiger partial charge in [0, 0.05) is 23.3 Å². The lowest BCUT2D eigenvalue weighted by molar-refractivity contribution is -0.113. The van der Waals surface area contributed by atoms with E-state index in [1.54, 1.807) is 40.5 Å². The summed E-state index contributed by atoms with van der Waals surface area (Å²) < 4.78 is 3.32. The number of nitrogens with zero attached hydrogens (tertiary/aromatic N) is 2. The average Bonchev–Trinajstić information content (AvgIpc) is 3.18. The smallest absolute Gasteiger partial charge is 0.272 e. The van der Waals surface area contributed by atoms with Gasteiger partial charge in [-0.05, 0) is 48.4 Å². The number of thioether (sulfide) groups is 1. The molecule has 3 rings (SSSR count). The molecule has 0 N–H and O–H groups in total. The van der Waals surface area contributed by atoms with Crippen LogP contribution in [0.15, 0.2) is 46.8 Å². The number of carbonyl (C=O) groups is 1. The van der Waals surface area contributed by atoms with E-state index in [1.165, 1.54) is 10.3 Å². The molecule has 0 bridgehead atoms.